The maximum Gasteiger partial charge on any atom is 0.349 e. The standard InChI is InChI=1S/C5H3N3O2S2/c6-1-2-4(11)3(7)5(12-2)8(9)10/h11H,7H2. The van der Waals surface area contributed by atoms with E-state index in [4.69, 9.17) is 11.0 Å². The van der Waals surface area contributed by atoms with E-state index in [2.05, 4.69) is 12.6 Å². The SMILES string of the molecule is N#Cc1sc([N+](=O)[O-])c(N)c1S. The number of nitrogens with zero attached hydrogens (tertiary/aromatic N) is 2. The first-order valence-corrected chi connectivity index (χ1v) is 4.00. The van der Waals surface area contributed by atoms with Crippen molar-refractivity contribution < 1.29 is 4.92 Å². The van der Waals surface area contributed by atoms with Gasteiger partial charge >= 0.3 is 5.00 Å². The molecule has 5 nitrogen and oxygen atoms in total. The molecule has 0 bridgehead atoms. The Balaban J connectivity index is 3.37. The molecule has 0 atom stereocenters. The first-order chi connectivity index (χ1) is 5.57. The van der Waals surface area contributed by atoms with Gasteiger partial charge in [-0.05, 0) is 11.3 Å². The molecule has 1 aromatic heterocycles. The van der Waals surface area contributed by atoms with Crippen LogP contribution in [0, 0.1) is 21.4 Å². The third-order valence-corrected chi connectivity index (χ3v) is 2.84. The largest absolute Gasteiger partial charge is 0.391 e. The highest BCUT2D eigenvalue weighted by molar-refractivity contribution is 7.80. The van der Waals surface area contributed by atoms with Crippen LogP contribution in [-0.4, -0.2) is 4.92 Å². The van der Waals surface area contributed by atoms with Gasteiger partial charge in [-0.15, -0.1) is 12.6 Å². The van der Waals surface area contributed by atoms with Gasteiger partial charge in [0.15, 0.2) is 0 Å². The van der Waals surface area contributed by atoms with Crippen molar-refractivity contribution in [1.82, 2.24) is 0 Å². The van der Waals surface area contributed by atoms with E-state index in [9.17, 15) is 10.1 Å². The summed E-state index contributed by atoms with van der Waals surface area (Å²) in [5.41, 5.74) is 5.28. The van der Waals surface area contributed by atoms with Crippen molar-refractivity contribution in [1.29, 1.82) is 5.26 Å². The van der Waals surface area contributed by atoms with Crippen LogP contribution in [0.1, 0.15) is 4.88 Å². The van der Waals surface area contributed by atoms with Crippen LogP contribution in [0.15, 0.2) is 4.90 Å². The van der Waals surface area contributed by atoms with E-state index < -0.39 is 4.92 Å². The average Bonchev–Trinajstić information content (AvgIpc) is 2.30. The van der Waals surface area contributed by atoms with Crippen LogP contribution in [0.2, 0.25) is 0 Å². The Morgan fingerprint density at radius 2 is 2.33 bits per heavy atom. The van der Waals surface area contributed by atoms with Gasteiger partial charge in [-0.1, -0.05) is 0 Å². The molecule has 1 heterocycles. The van der Waals surface area contributed by atoms with Crippen molar-refractivity contribution >= 4 is 34.7 Å². The van der Waals surface area contributed by atoms with Crippen LogP contribution in [0.4, 0.5) is 10.7 Å². The Morgan fingerprint density at radius 3 is 2.58 bits per heavy atom. The molecule has 1 rings (SSSR count). The number of thiol groups is 1. The Labute approximate surface area is 77.0 Å². The summed E-state index contributed by atoms with van der Waals surface area (Å²) in [5.74, 6) is 0. The number of nitrogens with two attached hydrogens (primary N) is 1. The molecule has 0 aliphatic carbocycles. The van der Waals surface area contributed by atoms with Gasteiger partial charge in [-0.2, -0.15) is 5.26 Å². The highest BCUT2D eigenvalue weighted by Crippen LogP contribution is 2.38. The zero-order valence-corrected chi connectivity index (χ0v) is 7.35. The number of nitro groups is 1. The monoisotopic (exact) mass is 201 g/mol. The highest BCUT2D eigenvalue weighted by atomic mass is 32.1. The lowest BCUT2D eigenvalue weighted by Crippen LogP contribution is -1.90. The van der Waals surface area contributed by atoms with Crippen LogP contribution in [0.3, 0.4) is 0 Å². The van der Waals surface area contributed by atoms with E-state index in [1.54, 1.807) is 6.07 Å². The Bertz CT molecular complexity index is 379. The fraction of sp³-hybridized carbons (Fsp3) is 0. The Morgan fingerprint density at radius 1 is 1.75 bits per heavy atom. The minimum Gasteiger partial charge on any atom is -0.391 e. The van der Waals surface area contributed by atoms with Gasteiger partial charge in [-0.3, -0.25) is 10.1 Å². The molecule has 0 fully saturated rings. The normalized spacial score (nSPS) is 9.33. The lowest BCUT2D eigenvalue weighted by atomic mass is 10.4. The van der Waals surface area contributed by atoms with Crippen LogP contribution < -0.4 is 5.73 Å². The average molecular weight is 201 g/mol. The molecular formula is C5H3N3O2S2. The molecule has 0 aliphatic heterocycles. The van der Waals surface area contributed by atoms with Gasteiger partial charge in [0, 0.05) is 0 Å². The van der Waals surface area contributed by atoms with Crippen molar-refractivity contribution in [3.05, 3.63) is 15.0 Å². The van der Waals surface area contributed by atoms with Crippen molar-refractivity contribution in [2.75, 3.05) is 5.73 Å². The van der Waals surface area contributed by atoms with Gasteiger partial charge in [0.2, 0.25) is 0 Å². The van der Waals surface area contributed by atoms with Crippen molar-refractivity contribution in [3.8, 4) is 6.07 Å². The predicted molar refractivity (Wildman–Crippen MR) is 47.4 cm³/mol. The summed E-state index contributed by atoms with van der Waals surface area (Å²) >= 11 is 4.60. The lowest BCUT2D eigenvalue weighted by Gasteiger charge is -1.86. The summed E-state index contributed by atoms with van der Waals surface area (Å²) in [6.45, 7) is 0. The van der Waals surface area contributed by atoms with Gasteiger partial charge in [0.25, 0.3) is 0 Å². The van der Waals surface area contributed by atoms with Crippen LogP contribution in [0.25, 0.3) is 0 Å². The number of hydrogen-bond acceptors (Lipinski definition) is 6. The number of nitrogen functional groups attached to an aromatic ring is 1. The summed E-state index contributed by atoms with van der Waals surface area (Å²) in [6, 6.07) is 1.77. The third kappa shape index (κ3) is 1.22. The highest BCUT2D eigenvalue weighted by Gasteiger charge is 2.21. The molecule has 12 heavy (non-hydrogen) atoms. The number of anilines is 1. The maximum absolute atomic E-state index is 10.3. The van der Waals surface area contributed by atoms with E-state index in [0.29, 0.717) is 0 Å². The molecule has 7 heteroatoms. The first-order valence-electron chi connectivity index (χ1n) is 2.73. The number of hydrogen-bond donors (Lipinski definition) is 2. The number of thiophene rings is 1. The molecule has 0 unspecified atom stereocenters. The van der Waals surface area contributed by atoms with Crippen LogP contribution >= 0.6 is 24.0 Å². The molecule has 0 saturated heterocycles. The summed E-state index contributed by atoms with van der Waals surface area (Å²) in [4.78, 5) is 10.0. The van der Waals surface area contributed by atoms with Crippen LogP contribution in [-0.2, 0) is 0 Å². The zero-order chi connectivity index (χ0) is 9.30. The smallest absolute Gasteiger partial charge is 0.349 e. The molecule has 0 aromatic carbocycles. The van der Waals surface area contributed by atoms with Gasteiger partial charge in [0.1, 0.15) is 16.6 Å². The Hall–Kier alpha value is -1.26. The zero-order valence-electron chi connectivity index (χ0n) is 5.64. The molecule has 0 radical (unpaired) electrons. The lowest BCUT2D eigenvalue weighted by molar-refractivity contribution is -0.379. The maximum atomic E-state index is 10.3. The summed E-state index contributed by atoms with van der Waals surface area (Å²) in [6.07, 6.45) is 0. The molecule has 0 aliphatic rings. The summed E-state index contributed by atoms with van der Waals surface area (Å²) < 4.78 is 0. The Kier molecular flexibility index (Phi) is 2.21. The van der Waals surface area contributed by atoms with E-state index in [1.807, 2.05) is 0 Å². The molecule has 2 N–H and O–H groups in total. The number of rotatable bonds is 1. The third-order valence-electron chi connectivity index (χ3n) is 1.17. The predicted octanol–water partition coefficient (Wildman–Crippen LogP) is 1.40. The van der Waals surface area contributed by atoms with Crippen molar-refractivity contribution in [2.45, 2.75) is 4.90 Å². The topological polar surface area (TPSA) is 92.9 Å². The van der Waals surface area contributed by atoms with E-state index in [-0.39, 0.29) is 20.5 Å². The van der Waals surface area contributed by atoms with E-state index >= 15 is 0 Å². The van der Waals surface area contributed by atoms with Gasteiger partial charge < -0.3 is 5.73 Å². The molecule has 0 spiro atoms. The molecule has 62 valence electrons. The minimum atomic E-state index is -0.624. The molecular weight excluding hydrogens is 198 g/mol. The quantitative estimate of drug-likeness (QED) is 0.408. The fourth-order valence-corrected chi connectivity index (χ4v) is 1.74. The second-order valence-electron chi connectivity index (χ2n) is 1.87. The second kappa shape index (κ2) is 3.00. The minimum absolute atomic E-state index is 0.0371. The van der Waals surface area contributed by atoms with E-state index in [0.717, 1.165) is 11.3 Å². The van der Waals surface area contributed by atoms with E-state index in [1.165, 1.54) is 0 Å². The first kappa shape index (κ1) is 8.83. The fourth-order valence-electron chi connectivity index (χ4n) is 0.635. The summed E-state index contributed by atoms with van der Waals surface area (Å²) in [7, 11) is 0. The number of nitriles is 1. The van der Waals surface area contributed by atoms with Gasteiger partial charge in [-0.25, -0.2) is 0 Å². The van der Waals surface area contributed by atoms with Gasteiger partial charge in [0.05, 0.1) is 9.82 Å². The molecule has 0 amide bonds. The van der Waals surface area contributed by atoms with Crippen molar-refractivity contribution in [2.24, 2.45) is 0 Å². The second-order valence-corrected chi connectivity index (χ2v) is 3.31. The van der Waals surface area contributed by atoms with Crippen LogP contribution in [0.5, 0.6) is 0 Å². The molecule has 1 aromatic rings. The van der Waals surface area contributed by atoms with Crippen molar-refractivity contribution in [3.63, 3.8) is 0 Å². The summed E-state index contributed by atoms with van der Waals surface area (Å²) in [5, 5.41) is 18.5. The molecule has 0 saturated carbocycles.